The van der Waals surface area contributed by atoms with Gasteiger partial charge < -0.3 is 24.0 Å². The lowest BCUT2D eigenvalue weighted by Crippen LogP contribution is -3.00. The molecule has 0 spiro atoms. The molecule has 0 saturated carbocycles. The van der Waals surface area contributed by atoms with Gasteiger partial charge >= 0.3 is 5.95 Å². The van der Waals surface area contributed by atoms with Crippen LogP contribution < -0.4 is 33.6 Å². The number of non-ortho nitro benzene ring substituents is 1. The van der Waals surface area contributed by atoms with Crippen LogP contribution in [-0.4, -0.2) is 16.5 Å². The lowest BCUT2D eigenvalue weighted by atomic mass is 10.2. The molecule has 8 nitrogen and oxygen atoms in total. The Morgan fingerprint density at radius 2 is 1.43 bits per heavy atom. The number of benzene rings is 4. The summed E-state index contributed by atoms with van der Waals surface area (Å²) in [6.07, 6.45) is 0. The molecule has 0 N–H and O–H groups in total. The molecule has 0 aliphatic carbocycles. The minimum Gasteiger partial charge on any atom is -1.00 e. The highest BCUT2D eigenvalue weighted by Crippen LogP contribution is 2.24. The summed E-state index contributed by atoms with van der Waals surface area (Å²) in [5, 5.41) is 21.8. The molecule has 0 aliphatic rings. The maximum atomic E-state index is 11.0. The second-order valence-electron chi connectivity index (χ2n) is 8.42. The molecule has 186 valence electrons. The van der Waals surface area contributed by atoms with Crippen LogP contribution in [0, 0.1) is 10.1 Å². The fourth-order valence-corrected chi connectivity index (χ4v) is 4.18. The van der Waals surface area contributed by atoms with Gasteiger partial charge in [-0.2, -0.15) is 0 Å². The Bertz CT molecular complexity index is 1440. The summed E-state index contributed by atoms with van der Waals surface area (Å²) in [5.74, 6) is 0.706. The number of rotatable bonds is 8. The van der Waals surface area contributed by atoms with E-state index >= 15 is 0 Å². The Hall–Kier alpha value is -4.12. The first-order chi connectivity index (χ1) is 17.6. The Labute approximate surface area is 231 Å². The van der Waals surface area contributed by atoms with E-state index in [1.54, 1.807) is 24.2 Å². The molecule has 0 atom stereocenters. The van der Waals surface area contributed by atoms with Gasteiger partial charge in [-0.05, 0) is 35.4 Å². The Morgan fingerprint density at radius 3 is 2.08 bits per heavy atom. The van der Waals surface area contributed by atoms with Crippen LogP contribution in [-0.2, 0) is 13.1 Å². The summed E-state index contributed by atoms with van der Waals surface area (Å²) < 4.78 is 4.33. The number of nitro benzene ring substituents is 1. The van der Waals surface area contributed by atoms with Crippen molar-refractivity contribution in [2.24, 2.45) is 10.3 Å². The van der Waals surface area contributed by atoms with Crippen molar-refractivity contribution in [2.45, 2.75) is 13.1 Å². The van der Waals surface area contributed by atoms with Gasteiger partial charge in [-0.3, -0.25) is 10.1 Å². The van der Waals surface area contributed by atoms with E-state index < -0.39 is 4.92 Å². The summed E-state index contributed by atoms with van der Waals surface area (Å²) in [6, 6.07) is 35.0. The van der Waals surface area contributed by atoms with E-state index in [1.807, 2.05) is 48.5 Å². The second-order valence-corrected chi connectivity index (χ2v) is 8.42. The maximum Gasteiger partial charge on any atom is 0.424 e. The number of aromatic nitrogens is 2. The van der Waals surface area contributed by atoms with Gasteiger partial charge in [-0.1, -0.05) is 72.8 Å². The molecule has 0 fully saturated rings. The number of imidazole rings is 1. The van der Waals surface area contributed by atoms with Crippen molar-refractivity contribution >= 4 is 28.4 Å². The minimum absolute atomic E-state index is 0. The van der Waals surface area contributed by atoms with Gasteiger partial charge in [0, 0.05) is 24.4 Å². The molecule has 0 radical (unpaired) electrons. The van der Waals surface area contributed by atoms with Crippen molar-refractivity contribution in [3.63, 3.8) is 0 Å². The van der Waals surface area contributed by atoms with E-state index in [4.69, 9.17) is 5.11 Å². The standard InChI is InChI=1S/C28H25N6O2.HI/c1-31(24-16-18-25(19-17-24)34(35)36)30-29-28-32(20-22-10-4-2-5-11-22)26-14-8-9-15-27(26)33(28)21-23-12-6-3-7-13-23;/h2-19H,20-21H2,1H3;1H/q+1;/p-1. The molecule has 0 bridgehead atoms. The summed E-state index contributed by atoms with van der Waals surface area (Å²) >= 11 is 0. The zero-order valence-corrected chi connectivity index (χ0v) is 22.3. The van der Waals surface area contributed by atoms with E-state index in [0.29, 0.717) is 24.7 Å². The van der Waals surface area contributed by atoms with Crippen LogP contribution in [0.5, 0.6) is 0 Å². The topological polar surface area (TPSA) is 79.9 Å². The van der Waals surface area contributed by atoms with Crippen molar-refractivity contribution in [2.75, 3.05) is 12.1 Å². The number of fused-ring (bicyclic) bond motifs is 1. The summed E-state index contributed by atoms with van der Waals surface area (Å²) in [5.41, 5.74) is 5.17. The molecule has 0 amide bonds. The van der Waals surface area contributed by atoms with Gasteiger partial charge in [0.25, 0.3) is 5.69 Å². The molecular formula is C28H25IN6O2. The molecule has 9 heteroatoms. The van der Waals surface area contributed by atoms with Crippen molar-refractivity contribution in [3.8, 4) is 0 Å². The predicted octanol–water partition coefficient (Wildman–Crippen LogP) is 3.07. The first-order valence-corrected chi connectivity index (χ1v) is 11.6. The second kappa shape index (κ2) is 11.7. The van der Waals surface area contributed by atoms with E-state index in [-0.39, 0.29) is 29.7 Å². The highest BCUT2D eigenvalue weighted by Gasteiger charge is 2.25. The number of nitrogens with zero attached hydrogens (tertiary/aromatic N) is 6. The van der Waals surface area contributed by atoms with Crippen LogP contribution in [0.25, 0.3) is 11.0 Å². The predicted molar refractivity (Wildman–Crippen MR) is 139 cm³/mol. The van der Waals surface area contributed by atoms with Crippen LogP contribution in [0.15, 0.2) is 120 Å². The lowest BCUT2D eigenvalue weighted by molar-refractivity contribution is -0.650. The van der Waals surface area contributed by atoms with E-state index in [2.05, 4.69) is 50.8 Å². The van der Waals surface area contributed by atoms with Gasteiger partial charge in [-0.15, -0.1) is 0 Å². The largest absolute Gasteiger partial charge is 1.00 e. The first kappa shape index (κ1) is 26.0. The SMILES string of the molecule is CN(/N=N/c1n(Cc2ccccc2)c2ccccc2[n+]1Cc1ccccc1)c1ccc([N+](=O)[O-])cc1.[I-]. The normalized spacial score (nSPS) is 10.9. The highest BCUT2D eigenvalue weighted by atomic mass is 127. The van der Waals surface area contributed by atoms with Crippen molar-refractivity contribution < 1.29 is 33.5 Å². The number of nitro groups is 1. The Kier molecular flexibility index (Phi) is 8.24. The third kappa shape index (κ3) is 5.83. The number of para-hydroxylation sites is 2. The van der Waals surface area contributed by atoms with Crippen LogP contribution in [0.3, 0.4) is 0 Å². The quantitative estimate of drug-likeness (QED) is 0.0899. The fourth-order valence-electron chi connectivity index (χ4n) is 4.18. The van der Waals surface area contributed by atoms with Gasteiger partial charge in [0.2, 0.25) is 0 Å². The van der Waals surface area contributed by atoms with E-state index in [1.165, 1.54) is 12.1 Å². The summed E-state index contributed by atoms with van der Waals surface area (Å²) in [7, 11) is 1.77. The average Bonchev–Trinajstić information content (AvgIpc) is 3.20. The fraction of sp³-hybridized carbons (Fsp3) is 0.107. The monoisotopic (exact) mass is 604 g/mol. The number of anilines is 1. The maximum absolute atomic E-state index is 11.0. The first-order valence-electron chi connectivity index (χ1n) is 11.6. The van der Waals surface area contributed by atoms with E-state index in [0.717, 1.165) is 22.2 Å². The van der Waals surface area contributed by atoms with Crippen LogP contribution >= 0.6 is 0 Å². The Morgan fingerprint density at radius 1 is 0.838 bits per heavy atom. The van der Waals surface area contributed by atoms with Crippen molar-refractivity contribution in [3.05, 3.63) is 130 Å². The third-order valence-corrected chi connectivity index (χ3v) is 6.02. The van der Waals surface area contributed by atoms with Gasteiger partial charge in [0.1, 0.15) is 11.0 Å². The van der Waals surface area contributed by atoms with Crippen molar-refractivity contribution in [1.82, 2.24) is 4.57 Å². The molecule has 0 aliphatic heterocycles. The number of halogens is 1. The molecule has 4 aromatic carbocycles. The van der Waals surface area contributed by atoms with Crippen LogP contribution in [0.1, 0.15) is 11.1 Å². The van der Waals surface area contributed by atoms with Gasteiger partial charge in [0.15, 0.2) is 0 Å². The van der Waals surface area contributed by atoms with Crippen molar-refractivity contribution in [1.29, 1.82) is 0 Å². The molecule has 1 aromatic heterocycles. The molecule has 0 saturated heterocycles. The third-order valence-electron chi connectivity index (χ3n) is 6.02. The zero-order chi connectivity index (χ0) is 24.9. The average molecular weight is 604 g/mol. The van der Waals surface area contributed by atoms with Crippen LogP contribution in [0.4, 0.5) is 17.3 Å². The summed E-state index contributed by atoms with van der Waals surface area (Å²) in [6.45, 7) is 1.28. The number of hydrogen-bond acceptors (Lipinski definition) is 4. The highest BCUT2D eigenvalue weighted by molar-refractivity contribution is 5.74. The van der Waals surface area contributed by atoms with E-state index in [9.17, 15) is 10.1 Å². The molecular weight excluding hydrogens is 579 g/mol. The molecule has 0 unspecified atom stereocenters. The van der Waals surface area contributed by atoms with Gasteiger partial charge in [0.05, 0.1) is 28.8 Å². The molecule has 1 heterocycles. The molecule has 5 rings (SSSR count). The Balaban J connectivity index is 0.00000320. The molecule has 5 aromatic rings. The smallest absolute Gasteiger partial charge is 0.424 e. The summed E-state index contributed by atoms with van der Waals surface area (Å²) in [4.78, 5) is 10.6. The zero-order valence-electron chi connectivity index (χ0n) is 20.2. The van der Waals surface area contributed by atoms with Crippen LogP contribution in [0.2, 0.25) is 0 Å². The lowest BCUT2D eigenvalue weighted by Gasteiger charge is -2.09. The van der Waals surface area contributed by atoms with Gasteiger partial charge in [-0.25, -0.2) is 14.1 Å². The number of hydrogen-bond donors (Lipinski definition) is 0. The molecule has 37 heavy (non-hydrogen) atoms. The minimum atomic E-state index is -0.417.